The van der Waals surface area contributed by atoms with Crippen molar-refractivity contribution in [2.24, 2.45) is 0 Å². The maximum absolute atomic E-state index is 13.1. The highest BCUT2D eigenvalue weighted by Gasteiger charge is 2.24. The van der Waals surface area contributed by atoms with Crippen molar-refractivity contribution in [3.8, 4) is 5.75 Å². The predicted molar refractivity (Wildman–Crippen MR) is 146 cm³/mol. The van der Waals surface area contributed by atoms with Crippen molar-refractivity contribution in [2.45, 2.75) is 20.3 Å². The summed E-state index contributed by atoms with van der Waals surface area (Å²) < 4.78 is 5.54. The van der Waals surface area contributed by atoms with Gasteiger partial charge in [0.15, 0.2) is 0 Å². The van der Waals surface area contributed by atoms with Gasteiger partial charge < -0.3 is 25.2 Å². The summed E-state index contributed by atoms with van der Waals surface area (Å²) in [4.78, 5) is 30.4. The van der Waals surface area contributed by atoms with Crippen molar-refractivity contribution in [1.29, 1.82) is 0 Å². The van der Waals surface area contributed by atoms with E-state index in [1.807, 2.05) is 56.3 Å². The SMILES string of the molecule is CCCNC(=O)c1cc(NC(=O)c2ccc(C)cc2)ccc1N1CCN(c2ccccc2OC)CC1. The van der Waals surface area contributed by atoms with Crippen LogP contribution in [-0.4, -0.2) is 51.6 Å². The van der Waals surface area contributed by atoms with Gasteiger partial charge in [0.25, 0.3) is 11.8 Å². The van der Waals surface area contributed by atoms with Crippen molar-refractivity contribution in [3.63, 3.8) is 0 Å². The van der Waals surface area contributed by atoms with Crippen LogP contribution < -0.4 is 25.2 Å². The third-order valence-electron chi connectivity index (χ3n) is 6.39. The number of benzene rings is 3. The fourth-order valence-electron chi connectivity index (χ4n) is 4.39. The van der Waals surface area contributed by atoms with Gasteiger partial charge in [0.05, 0.1) is 18.4 Å². The van der Waals surface area contributed by atoms with E-state index in [9.17, 15) is 9.59 Å². The smallest absolute Gasteiger partial charge is 0.255 e. The van der Waals surface area contributed by atoms with Gasteiger partial charge in [0.1, 0.15) is 5.75 Å². The zero-order chi connectivity index (χ0) is 25.5. The Kier molecular flexibility index (Phi) is 8.10. The number of methoxy groups -OCH3 is 1. The van der Waals surface area contributed by atoms with Gasteiger partial charge in [-0.05, 0) is 55.8 Å². The summed E-state index contributed by atoms with van der Waals surface area (Å²) in [5.41, 5.74) is 4.78. The molecule has 0 unspecified atom stereocenters. The van der Waals surface area contributed by atoms with Gasteiger partial charge in [-0.15, -0.1) is 0 Å². The highest BCUT2D eigenvalue weighted by atomic mass is 16.5. The second-order valence-corrected chi connectivity index (χ2v) is 8.95. The second-order valence-electron chi connectivity index (χ2n) is 8.95. The van der Waals surface area contributed by atoms with Gasteiger partial charge in [-0.3, -0.25) is 9.59 Å². The Morgan fingerprint density at radius 2 is 1.53 bits per heavy atom. The zero-order valence-electron chi connectivity index (χ0n) is 21.2. The number of hydrogen-bond donors (Lipinski definition) is 2. The third-order valence-corrected chi connectivity index (χ3v) is 6.39. The van der Waals surface area contributed by atoms with E-state index in [2.05, 4.69) is 26.5 Å². The fraction of sp³-hybridized carbons (Fsp3) is 0.310. The molecule has 0 aromatic heterocycles. The Labute approximate surface area is 213 Å². The minimum atomic E-state index is -0.201. The molecule has 3 aromatic rings. The Hall–Kier alpha value is -4.00. The molecule has 1 aliphatic rings. The number of para-hydroxylation sites is 2. The number of carbonyl (C=O) groups excluding carboxylic acids is 2. The molecule has 1 saturated heterocycles. The first kappa shape index (κ1) is 25.1. The molecule has 0 radical (unpaired) electrons. The number of aryl methyl sites for hydroxylation is 1. The number of anilines is 3. The Morgan fingerprint density at radius 3 is 2.19 bits per heavy atom. The summed E-state index contributed by atoms with van der Waals surface area (Å²) in [7, 11) is 1.69. The molecule has 2 amide bonds. The van der Waals surface area contributed by atoms with E-state index in [0.717, 1.165) is 55.3 Å². The highest BCUT2D eigenvalue weighted by molar-refractivity contribution is 6.06. The molecule has 7 heteroatoms. The molecular formula is C29H34N4O3. The zero-order valence-corrected chi connectivity index (χ0v) is 21.2. The van der Waals surface area contributed by atoms with Crippen LogP contribution in [0, 0.1) is 6.92 Å². The minimum absolute atomic E-state index is 0.134. The largest absolute Gasteiger partial charge is 0.495 e. The van der Waals surface area contributed by atoms with Crippen molar-refractivity contribution in [3.05, 3.63) is 83.4 Å². The first-order valence-electron chi connectivity index (χ1n) is 12.4. The molecule has 0 aliphatic carbocycles. The van der Waals surface area contributed by atoms with Crippen LogP contribution >= 0.6 is 0 Å². The maximum Gasteiger partial charge on any atom is 0.255 e. The molecule has 188 valence electrons. The maximum atomic E-state index is 13.1. The van der Waals surface area contributed by atoms with E-state index in [0.29, 0.717) is 23.4 Å². The number of carbonyl (C=O) groups is 2. The lowest BCUT2D eigenvalue weighted by Gasteiger charge is -2.38. The van der Waals surface area contributed by atoms with Crippen LogP contribution in [0.2, 0.25) is 0 Å². The molecule has 2 N–H and O–H groups in total. The minimum Gasteiger partial charge on any atom is -0.495 e. The average Bonchev–Trinajstić information content (AvgIpc) is 2.92. The Morgan fingerprint density at radius 1 is 0.861 bits per heavy atom. The number of hydrogen-bond acceptors (Lipinski definition) is 5. The Balaban J connectivity index is 1.53. The average molecular weight is 487 g/mol. The lowest BCUT2D eigenvalue weighted by Crippen LogP contribution is -2.47. The van der Waals surface area contributed by atoms with Crippen LogP contribution in [-0.2, 0) is 0 Å². The van der Waals surface area contributed by atoms with E-state index in [1.54, 1.807) is 25.3 Å². The molecule has 0 spiro atoms. The molecule has 0 saturated carbocycles. The number of nitrogens with one attached hydrogen (secondary N) is 2. The van der Waals surface area contributed by atoms with Gasteiger partial charge in [-0.1, -0.05) is 36.8 Å². The van der Waals surface area contributed by atoms with Crippen LogP contribution in [0.25, 0.3) is 0 Å². The van der Waals surface area contributed by atoms with Gasteiger partial charge >= 0.3 is 0 Å². The molecule has 4 rings (SSSR count). The van der Waals surface area contributed by atoms with Gasteiger partial charge in [-0.2, -0.15) is 0 Å². The van der Waals surface area contributed by atoms with Crippen LogP contribution in [0.1, 0.15) is 39.6 Å². The first-order valence-corrected chi connectivity index (χ1v) is 12.4. The van der Waals surface area contributed by atoms with E-state index < -0.39 is 0 Å². The quantitative estimate of drug-likeness (QED) is 0.482. The standard InChI is InChI=1S/C29H34N4O3/c1-4-15-30-29(35)24-20-23(31-28(34)22-11-9-21(2)10-12-22)13-14-25(24)32-16-18-33(19-17-32)26-7-5-6-8-27(26)36-3/h5-14,20H,4,15-19H2,1-3H3,(H,30,35)(H,31,34). The summed E-state index contributed by atoms with van der Waals surface area (Å²) >= 11 is 0. The summed E-state index contributed by atoms with van der Waals surface area (Å²) in [6.07, 6.45) is 0.850. The predicted octanol–water partition coefficient (Wildman–Crippen LogP) is 4.72. The van der Waals surface area contributed by atoms with Crippen molar-refractivity contribution < 1.29 is 14.3 Å². The molecule has 0 atom stereocenters. The van der Waals surface area contributed by atoms with Gasteiger partial charge in [0.2, 0.25) is 0 Å². The molecule has 1 heterocycles. The van der Waals surface area contributed by atoms with Crippen LogP contribution in [0.3, 0.4) is 0 Å². The van der Waals surface area contributed by atoms with Crippen molar-refractivity contribution in [2.75, 3.05) is 55.0 Å². The van der Waals surface area contributed by atoms with E-state index in [-0.39, 0.29) is 11.8 Å². The van der Waals surface area contributed by atoms with Gasteiger partial charge in [0, 0.05) is 49.7 Å². The lowest BCUT2D eigenvalue weighted by atomic mass is 10.1. The normalized spacial score (nSPS) is 13.3. The van der Waals surface area contributed by atoms with Crippen LogP contribution in [0.15, 0.2) is 66.7 Å². The van der Waals surface area contributed by atoms with Crippen LogP contribution in [0.4, 0.5) is 17.1 Å². The number of amides is 2. The monoisotopic (exact) mass is 486 g/mol. The summed E-state index contributed by atoms with van der Waals surface area (Å²) in [6, 6.07) is 21.0. The number of nitrogens with zero attached hydrogens (tertiary/aromatic N) is 2. The van der Waals surface area contributed by atoms with E-state index in [4.69, 9.17) is 4.74 Å². The van der Waals surface area contributed by atoms with Crippen molar-refractivity contribution in [1.82, 2.24) is 5.32 Å². The molecular weight excluding hydrogens is 452 g/mol. The molecule has 1 fully saturated rings. The first-order chi connectivity index (χ1) is 17.5. The van der Waals surface area contributed by atoms with E-state index in [1.165, 1.54) is 0 Å². The molecule has 7 nitrogen and oxygen atoms in total. The third kappa shape index (κ3) is 5.79. The number of rotatable bonds is 8. The second kappa shape index (κ2) is 11.6. The summed E-state index contributed by atoms with van der Waals surface area (Å²) in [6.45, 7) is 7.75. The number of ether oxygens (including phenoxy) is 1. The lowest BCUT2D eigenvalue weighted by molar-refractivity contribution is 0.0952. The topological polar surface area (TPSA) is 73.9 Å². The summed E-state index contributed by atoms with van der Waals surface area (Å²) in [5, 5.41) is 5.93. The summed E-state index contributed by atoms with van der Waals surface area (Å²) in [5.74, 6) is 0.526. The number of piperazine rings is 1. The van der Waals surface area contributed by atoms with Crippen molar-refractivity contribution >= 4 is 28.9 Å². The van der Waals surface area contributed by atoms with Gasteiger partial charge in [-0.25, -0.2) is 0 Å². The molecule has 1 aliphatic heterocycles. The molecule has 3 aromatic carbocycles. The molecule has 36 heavy (non-hydrogen) atoms. The van der Waals surface area contributed by atoms with E-state index >= 15 is 0 Å². The highest BCUT2D eigenvalue weighted by Crippen LogP contribution is 2.31. The Bertz CT molecular complexity index is 1200. The molecule has 0 bridgehead atoms. The fourth-order valence-corrected chi connectivity index (χ4v) is 4.39. The van der Waals surface area contributed by atoms with Crippen LogP contribution in [0.5, 0.6) is 5.75 Å².